The fourth-order valence-corrected chi connectivity index (χ4v) is 3.39. The molecule has 0 spiro atoms. The first-order valence-corrected chi connectivity index (χ1v) is 7.82. The normalized spacial score (nSPS) is 24.0. The summed E-state index contributed by atoms with van der Waals surface area (Å²) in [5.41, 5.74) is 10.8. The number of rotatable bonds is 2. The largest absolute Gasteiger partial charge is 0.370 e. The van der Waals surface area contributed by atoms with Crippen molar-refractivity contribution in [2.45, 2.75) is 53.5 Å². The molecule has 2 N–H and O–H groups in total. The van der Waals surface area contributed by atoms with Crippen LogP contribution in [0.2, 0.25) is 0 Å². The highest BCUT2D eigenvalue weighted by atomic mass is 15.2. The van der Waals surface area contributed by atoms with Gasteiger partial charge in [0.25, 0.3) is 0 Å². The Morgan fingerprint density at radius 1 is 1.15 bits per heavy atom. The average molecular weight is 274 g/mol. The molecule has 1 saturated heterocycles. The molecule has 1 aromatic rings. The Morgan fingerprint density at radius 2 is 1.85 bits per heavy atom. The number of anilines is 1. The smallest absolute Gasteiger partial charge is 0.0369 e. The molecular weight excluding hydrogens is 244 g/mol. The molecule has 0 bridgehead atoms. The molecule has 0 amide bonds. The molecular formula is C18H30N2. The predicted octanol–water partition coefficient (Wildman–Crippen LogP) is 3.89. The second-order valence-electron chi connectivity index (χ2n) is 7.80. The van der Waals surface area contributed by atoms with Crippen LogP contribution in [0.1, 0.15) is 44.7 Å². The molecule has 0 aromatic heterocycles. The number of nitrogens with two attached hydrogens (primary N) is 1. The number of nitrogens with zero attached hydrogens (tertiary/aromatic N) is 1. The van der Waals surface area contributed by atoms with Crippen molar-refractivity contribution in [1.82, 2.24) is 0 Å². The van der Waals surface area contributed by atoms with E-state index in [1.54, 1.807) is 0 Å². The number of hydrogen-bond donors (Lipinski definition) is 1. The third-order valence-electron chi connectivity index (χ3n) is 4.33. The zero-order valence-corrected chi connectivity index (χ0v) is 13.7. The third kappa shape index (κ3) is 3.99. The summed E-state index contributed by atoms with van der Waals surface area (Å²) >= 11 is 0. The fraction of sp³-hybridized carbons (Fsp3) is 0.667. The molecule has 1 heterocycles. The summed E-state index contributed by atoms with van der Waals surface area (Å²) in [5.74, 6) is 0.709. The van der Waals surface area contributed by atoms with Gasteiger partial charge >= 0.3 is 0 Å². The maximum Gasteiger partial charge on any atom is 0.0369 e. The molecule has 2 unspecified atom stereocenters. The summed E-state index contributed by atoms with van der Waals surface area (Å²) < 4.78 is 0. The lowest BCUT2D eigenvalue weighted by Gasteiger charge is -2.40. The van der Waals surface area contributed by atoms with E-state index < -0.39 is 0 Å². The lowest BCUT2D eigenvalue weighted by Crippen LogP contribution is -2.47. The molecule has 0 saturated carbocycles. The summed E-state index contributed by atoms with van der Waals surface area (Å²) in [6, 6.07) is 7.08. The Balaban J connectivity index is 2.13. The van der Waals surface area contributed by atoms with Crippen LogP contribution in [-0.4, -0.2) is 19.1 Å². The number of benzene rings is 1. The molecule has 112 valence electrons. The quantitative estimate of drug-likeness (QED) is 0.886. The molecule has 2 rings (SSSR count). The van der Waals surface area contributed by atoms with Crippen LogP contribution in [0, 0.1) is 25.2 Å². The predicted molar refractivity (Wildman–Crippen MR) is 88.3 cm³/mol. The van der Waals surface area contributed by atoms with Gasteiger partial charge in [-0.05, 0) is 61.3 Å². The fourth-order valence-electron chi connectivity index (χ4n) is 3.39. The molecule has 2 heteroatoms. The van der Waals surface area contributed by atoms with Gasteiger partial charge in [0.15, 0.2) is 0 Å². The Bertz CT molecular complexity index is 459. The second-order valence-corrected chi connectivity index (χ2v) is 7.80. The molecule has 20 heavy (non-hydrogen) atoms. The van der Waals surface area contributed by atoms with Gasteiger partial charge < -0.3 is 10.6 Å². The second kappa shape index (κ2) is 5.77. The standard InChI is InChI=1S/C18H30N2/c1-13-6-7-17(8-14(13)2)20-11-15(9-16(19)12-20)10-18(3,4)5/h6-8,15-16H,9-12,19H2,1-5H3. The van der Waals surface area contributed by atoms with Gasteiger partial charge in [0.2, 0.25) is 0 Å². The van der Waals surface area contributed by atoms with Crippen LogP contribution in [0.15, 0.2) is 18.2 Å². The van der Waals surface area contributed by atoms with Crippen LogP contribution in [0.4, 0.5) is 5.69 Å². The molecule has 1 aliphatic rings. The van der Waals surface area contributed by atoms with Gasteiger partial charge in [-0.15, -0.1) is 0 Å². The van der Waals surface area contributed by atoms with Gasteiger partial charge in [0.1, 0.15) is 0 Å². The third-order valence-corrected chi connectivity index (χ3v) is 4.33. The average Bonchev–Trinajstić information content (AvgIpc) is 2.29. The Kier molecular flexibility index (Phi) is 4.43. The van der Waals surface area contributed by atoms with Crippen molar-refractivity contribution < 1.29 is 0 Å². The van der Waals surface area contributed by atoms with E-state index in [0.29, 0.717) is 17.4 Å². The molecule has 1 fully saturated rings. The van der Waals surface area contributed by atoms with E-state index in [9.17, 15) is 0 Å². The summed E-state index contributed by atoms with van der Waals surface area (Å²) in [6.07, 6.45) is 2.42. The van der Waals surface area contributed by atoms with Crippen LogP contribution < -0.4 is 10.6 Å². The van der Waals surface area contributed by atoms with Crippen molar-refractivity contribution in [3.63, 3.8) is 0 Å². The minimum absolute atomic E-state index is 0.303. The molecule has 0 radical (unpaired) electrons. The highest BCUT2D eigenvalue weighted by molar-refractivity contribution is 5.51. The minimum Gasteiger partial charge on any atom is -0.370 e. The monoisotopic (exact) mass is 274 g/mol. The van der Waals surface area contributed by atoms with Crippen molar-refractivity contribution in [3.8, 4) is 0 Å². The maximum atomic E-state index is 6.30. The first-order valence-electron chi connectivity index (χ1n) is 7.82. The Morgan fingerprint density at radius 3 is 2.45 bits per heavy atom. The van der Waals surface area contributed by atoms with Crippen LogP contribution in [0.25, 0.3) is 0 Å². The lowest BCUT2D eigenvalue weighted by molar-refractivity contribution is 0.253. The zero-order chi connectivity index (χ0) is 14.9. The van der Waals surface area contributed by atoms with E-state index in [1.165, 1.54) is 29.7 Å². The zero-order valence-electron chi connectivity index (χ0n) is 13.7. The van der Waals surface area contributed by atoms with Gasteiger partial charge in [-0.2, -0.15) is 0 Å². The highest BCUT2D eigenvalue weighted by Gasteiger charge is 2.28. The first kappa shape index (κ1) is 15.4. The maximum absolute atomic E-state index is 6.30. The molecule has 1 aromatic carbocycles. The molecule has 2 atom stereocenters. The van der Waals surface area contributed by atoms with Crippen LogP contribution in [-0.2, 0) is 0 Å². The van der Waals surface area contributed by atoms with Crippen molar-refractivity contribution in [3.05, 3.63) is 29.3 Å². The summed E-state index contributed by atoms with van der Waals surface area (Å²) in [6.45, 7) is 13.5. The topological polar surface area (TPSA) is 29.3 Å². The summed E-state index contributed by atoms with van der Waals surface area (Å²) in [4.78, 5) is 2.48. The van der Waals surface area contributed by atoms with Crippen molar-refractivity contribution >= 4 is 5.69 Å². The van der Waals surface area contributed by atoms with E-state index in [4.69, 9.17) is 5.73 Å². The minimum atomic E-state index is 0.303. The van der Waals surface area contributed by atoms with Gasteiger partial charge in [0, 0.05) is 24.8 Å². The molecule has 2 nitrogen and oxygen atoms in total. The first-order chi connectivity index (χ1) is 9.24. The number of hydrogen-bond acceptors (Lipinski definition) is 2. The highest BCUT2D eigenvalue weighted by Crippen LogP contribution is 2.32. The van der Waals surface area contributed by atoms with Crippen molar-refractivity contribution in [2.24, 2.45) is 17.1 Å². The number of piperidine rings is 1. The van der Waals surface area contributed by atoms with Gasteiger partial charge in [-0.1, -0.05) is 26.8 Å². The summed E-state index contributed by atoms with van der Waals surface area (Å²) in [7, 11) is 0. The van der Waals surface area contributed by atoms with E-state index >= 15 is 0 Å². The van der Waals surface area contributed by atoms with E-state index in [0.717, 1.165) is 13.1 Å². The summed E-state index contributed by atoms with van der Waals surface area (Å²) in [5, 5.41) is 0. The number of aryl methyl sites for hydroxylation is 2. The van der Waals surface area contributed by atoms with Crippen molar-refractivity contribution in [1.29, 1.82) is 0 Å². The van der Waals surface area contributed by atoms with Crippen LogP contribution in [0.5, 0.6) is 0 Å². The Labute approximate surface area is 124 Å². The van der Waals surface area contributed by atoms with E-state index in [1.807, 2.05) is 0 Å². The van der Waals surface area contributed by atoms with Crippen molar-refractivity contribution in [2.75, 3.05) is 18.0 Å². The van der Waals surface area contributed by atoms with Crippen LogP contribution in [0.3, 0.4) is 0 Å². The van der Waals surface area contributed by atoms with Crippen LogP contribution >= 0.6 is 0 Å². The van der Waals surface area contributed by atoms with Gasteiger partial charge in [-0.25, -0.2) is 0 Å². The SMILES string of the molecule is Cc1ccc(N2CC(N)CC(CC(C)(C)C)C2)cc1C. The van der Waals surface area contributed by atoms with Gasteiger partial charge in [0.05, 0.1) is 0 Å². The lowest BCUT2D eigenvalue weighted by atomic mass is 9.80. The Hall–Kier alpha value is -1.02. The van der Waals surface area contributed by atoms with E-state index in [2.05, 4.69) is 57.7 Å². The molecule has 1 aliphatic heterocycles. The van der Waals surface area contributed by atoms with Gasteiger partial charge in [-0.3, -0.25) is 0 Å². The molecule has 0 aliphatic carbocycles. The van der Waals surface area contributed by atoms with E-state index in [-0.39, 0.29) is 0 Å².